The fraction of sp³-hybridized carbons (Fsp3) is 0.600. The Morgan fingerprint density at radius 2 is 2.17 bits per heavy atom. The van der Waals surface area contributed by atoms with E-state index in [1.165, 1.54) is 18.4 Å². The molecular formula is C20H27NO2. The number of hydrogen-bond acceptors (Lipinski definition) is 3. The van der Waals surface area contributed by atoms with E-state index in [4.69, 9.17) is 0 Å². The van der Waals surface area contributed by atoms with Crippen LogP contribution in [0, 0.1) is 5.92 Å². The molecule has 3 nitrogen and oxygen atoms in total. The maximum atomic E-state index is 11.6. The van der Waals surface area contributed by atoms with Crippen LogP contribution >= 0.6 is 0 Å². The first-order valence-corrected chi connectivity index (χ1v) is 8.87. The van der Waals surface area contributed by atoms with Gasteiger partial charge in [-0.25, -0.2) is 0 Å². The highest BCUT2D eigenvalue weighted by Gasteiger charge is 2.59. The van der Waals surface area contributed by atoms with Gasteiger partial charge in [0.15, 0.2) is 0 Å². The monoisotopic (exact) mass is 313 g/mol. The highest BCUT2D eigenvalue weighted by molar-refractivity contribution is 5.47. The van der Waals surface area contributed by atoms with Crippen molar-refractivity contribution >= 4 is 0 Å². The second-order valence-corrected chi connectivity index (χ2v) is 7.97. The first kappa shape index (κ1) is 15.2. The number of phenols is 1. The van der Waals surface area contributed by atoms with Crippen LogP contribution in [0.3, 0.4) is 0 Å². The van der Waals surface area contributed by atoms with Crippen LogP contribution in [0.4, 0.5) is 0 Å². The third-order valence-corrected chi connectivity index (χ3v) is 6.59. The third-order valence-electron chi connectivity index (χ3n) is 6.59. The summed E-state index contributed by atoms with van der Waals surface area (Å²) >= 11 is 0. The van der Waals surface area contributed by atoms with Crippen LogP contribution in [0.15, 0.2) is 30.9 Å². The predicted molar refractivity (Wildman–Crippen MR) is 91.6 cm³/mol. The molecule has 124 valence electrons. The summed E-state index contributed by atoms with van der Waals surface area (Å²) in [6, 6.07) is 5.86. The number of nitrogens with zero attached hydrogens (tertiary/aromatic N) is 1. The largest absolute Gasteiger partial charge is 0.508 e. The Morgan fingerprint density at radius 3 is 2.87 bits per heavy atom. The van der Waals surface area contributed by atoms with E-state index in [2.05, 4.69) is 11.5 Å². The van der Waals surface area contributed by atoms with Crippen LogP contribution in [-0.2, 0) is 11.8 Å². The molecule has 1 aromatic carbocycles. The molecule has 2 fully saturated rings. The van der Waals surface area contributed by atoms with E-state index in [9.17, 15) is 10.2 Å². The Hall–Kier alpha value is -1.32. The number of benzene rings is 1. The maximum absolute atomic E-state index is 11.6. The quantitative estimate of drug-likeness (QED) is 0.840. The SMILES string of the molecule is C=CCC12CCN(CC3CC3)C(Cc3ccc(O)cc31)[C@]2(C)O. The molecule has 2 unspecified atom stereocenters. The van der Waals surface area contributed by atoms with Crippen LogP contribution in [0.5, 0.6) is 5.75 Å². The van der Waals surface area contributed by atoms with Gasteiger partial charge in [0, 0.05) is 18.0 Å². The Balaban J connectivity index is 1.81. The van der Waals surface area contributed by atoms with Crippen LogP contribution in [-0.4, -0.2) is 39.8 Å². The second kappa shape index (κ2) is 5.09. The maximum Gasteiger partial charge on any atom is 0.115 e. The standard InChI is InChI=1S/C20H27NO2/c1-3-8-20-9-10-21(13-14-4-5-14)18(19(20,2)23)11-15-6-7-16(22)12-17(15)20/h3,6-7,12,14,18,22-23H,1,4-5,8-11,13H2,2H3/t18?,19-,20?/m0/s1. The Kier molecular flexibility index (Phi) is 3.37. The lowest BCUT2D eigenvalue weighted by atomic mass is 9.54. The van der Waals surface area contributed by atoms with Crippen molar-refractivity contribution in [3.05, 3.63) is 42.0 Å². The first-order valence-electron chi connectivity index (χ1n) is 8.87. The summed E-state index contributed by atoms with van der Waals surface area (Å²) in [6.45, 7) is 8.11. The average Bonchev–Trinajstić information content (AvgIpc) is 3.30. The smallest absolute Gasteiger partial charge is 0.115 e. The number of allylic oxidation sites excluding steroid dienone is 1. The number of rotatable bonds is 4. The molecule has 0 amide bonds. The molecule has 3 heteroatoms. The molecule has 2 aliphatic carbocycles. The lowest BCUT2D eigenvalue weighted by molar-refractivity contribution is -0.134. The molecule has 4 rings (SSSR count). The zero-order valence-corrected chi connectivity index (χ0v) is 14.0. The zero-order chi connectivity index (χ0) is 16.2. The van der Waals surface area contributed by atoms with Crippen molar-refractivity contribution in [2.24, 2.45) is 5.92 Å². The van der Waals surface area contributed by atoms with Crippen molar-refractivity contribution in [3.8, 4) is 5.75 Å². The van der Waals surface area contributed by atoms with E-state index in [1.807, 2.05) is 25.1 Å². The summed E-state index contributed by atoms with van der Waals surface area (Å²) < 4.78 is 0. The minimum absolute atomic E-state index is 0.161. The highest BCUT2D eigenvalue weighted by atomic mass is 16.3. The minimum Gasteiger partial charge on any atom is -0.508 e. The molecule has 1 aliphatic heterocycles. The average molecular weight is 313 g/mol. The van der Waals surface area contributed by atoms with Gasteiger partial charge in [0.25, 0.3) is 0 Å². The number of hydrogen-bond donors (Lipinski definition) is 2. The molecule has 0 spiro atoms. The van der Waals surface area contributed by atoms with E-state index in [0.29, 0.717) is 5.75 Å². The summed E-state index contributed by atoms with van der Waals surface area (Å²) in [6.07, 6.45) is 7.16. The van der Waals surface area contributed by atoms with Crippen molar-refractivity contribution < 1.29 is 10.2 Å². The predicted octanol–water partition coefficient (Wildman–Crippen LogP) is 3.00. The number of likely N-dealkylation sites (tertiary alicyclic amines) is 1. The van der Waals surface area contributed by atoms with Crippen molar-refractivity contribution in [2.75, 3.05) is 13.1 Å². The highest BCUT2D eigenvalue weighted by Crippen LogP contribution is 2.54. The van der Waals surface area contributed by atoms with Crippen LogP contribution < -0.4 is 0 Å². The van der Waals surface area contributed by atoms with Gasteiger partial charge in [0.1, 0.15) is 5.75 Å². The van der Waals surface area contributed by atoms with E-state index in [0.717, 1.165) is 43.8 Å². The number of aromatic hydroxyl groups is 1. The summed E-state index contributed by atoms with van der Waals surface area (Å²) in [5.74, 6) is 1.13. The first-order chi connectivity index (χ1) is 11.0. The fourth-order valence-electron chi connectivity index (χ4n) is 5.06. The van der Waals surface area contributed by atoms with Crippen LogP contribution in [0.2, 0.25) is 0 Å². The fourth-order valence-corrected chi connectivity index (χ4v) is 5.06. The van der Waals surface area contributed by atoms with Gasteiger partial charge in [-0.1, -0.05) is 12.1 Å². The van der Waals surface area contributed by atoms with Gasteiger partial charge in [-0.3, -0.25) is 4.90 Å². The molecule has 1 saturated carbocycles. The molecule has 0 aromatic heterocycles. The van der Waals surface area contributed by atoms with Gasteiger partial charge >= 0.3 is 0 Å². The number of fused-ring (bicyclic) bond motifs is 4. The van der Waals surface area contributed by atoms with E-state index < -0.39 is 5.60 Å². The molecule has 1 heterocycles. The lowest BCUT2D eigenvalue weighted by Gasteiger charge is -2.60. The molecular weight excluding hydrogens is 286 g/mol. The zero-order valence-electron chi connectivity index (χ0n) is 14.0. The Morgan fingerprint density at radius 1 is 1.39 bits per heavy atom. The van der Waals surface area contributed by atoms with Crippen molar-refractivity contribution in [1.29, 1.82) is 0 Å². The van der Waals surface area contributed by atoms with Crippen molar-refractivity contribution in [3.63, 3.8) is 0 Å². The molecule has 23 heavy (non-hydrogen) atoms. The Bertz CT molecular complexity index is 635. The normalized spacial score (nSPS) is 36.5. The van der Waals surface area contributed by atoms with Gasteiger partial charge in [0.2, 0.25) is 0 Å². The molecule has 3 aliphatic rings. The van der Waals surface area contributed by atoms with Gasteiger partial charge in [-0.2, -0.15) is 0 Å². The summed E-state index contributed by atoms with van der Waals surface area (Å²) in [4.78, 5) is 2.52. The minimum atomic E-state index is -0.797. The lowest BCUT2D eigenvalue weighted by Crippen LogP contribution is -2.70. The van der Waals surface area contributed by atoms with Gasteiger partial charge < -0.3 is 10.2 Å². The molecule has 2 bridgehead atoms. The van der Waals surface area contributed by atoms with Gasteiger partial charge in [-0.05, 0) is 74.8 Å². The number of aliphatic hydroxyl groups is 1. The summed E-state index contributed by atoms with van der Waals surface area (Å²) in [5.41, 5.74) is 1.28. The molecule has 0 radical (unpaired) electrons. The molecule has 1 saturated heterocycles. The Labute approximate surface area is 138 Å². The number of phenolic OH excluding ortho intramolecular Hbond substituents is 1. The van der Waals surface area contributed by atoms with E-state index in [1.54, 1.807) is 6.07 Å². The number of piperidine rings is 1. The van der Waals surface area contributed by atoms with Gasteiger partial charge in [-0.15, -0.1) is 6.58 Å². The van der Waals surface area contributed by atoms with Crippen LogP contribution in [0.25, 0.3) is 0 Å². The van der Waals surface area contributed by atoms with E-state index >= 15 is 0 Å². The topological polar surface area (TPSA) is 43.7 Å². The van der Waals surface area contributed by atoms with Crippen LogP contribution in [0.1, 0.15) is 43.7 Å². The summed E-state index contributed by atoms with van der Waals surface area (Å²) in [7, 11) is 0. The third kappa shape index (κ3) is 2.17. The molecule has 3 atom stereocenters. The second-order valence-electron chi connectivity index (χ2n) is 7.97. The van der Waals surface area contributed by atoms with Crippen molar-refractivity contribution in [2.45, 2.75) is 56.1 Å². The van der Waals surface area contributed by atoms with E-state index in [-0.39, 0.29) is 11.5 Å². The van der Waals surface area contributed by atoms with Crippen molar-refractivity contribution in [1.82, 2.24) is 4.90 Å². The molecule has 1 aromatic rings. The summed E-state index contributed by atoms with van der Waals surface area (Å²) in [5, 5.41) is 21.6. The molecule has 2 N–H and O–H groups in total. The van der Waals surface area contributed by atoms with Gasteiger partial charge in [0.05, 0.1) is 5.60 Å².